The lowest BCUT2D eigenvalue weighted by Gasteiger charge is -2.11. The fraction of sp³-hybridized carbons (Fsp3) is 0.300. The van der Waals surface area contributed by atoms with Crippen molar-refractivity contribution in [3.8, 4) is 5.75 Å². The van der Waals surface area contributed by atoms with E-state index in [4.69, 9.17) is 4.74 Å². The van der Waals surface area contributed by atoms with Gasteiger partial charge in [0.1, 0.15) is 5.75 Å². The maximum atomic E-state index is 12.2. The molecular weight excluding hydrogens is 318 g/mol. The Hall–Kier alpha value is -2.82. The molecule has 5 heteroatoms. The first-order valence-corrected chi connectivity index (χ1v) is 8.26. The molecule has 0 radical (unpaired) electrons. The van der Waals surface area contributed by atoms with Crippen molar-refractivity contribution in [2.45, 2.75) is 33.6 Å². The second-order valence-corrected chi connectivity index (χ2v) is 5.91. The van der Waals surface area contributed by atoms with Gasteiger partial charge in [-0.3, -0.25) is 4.79 Å². The van der Waals surface area contributed by atoms with Crippen LogP contribution in [0.4, 0.5) is 5.69 Å². The summed E-state index contributed by atoms with van der Waals surface area (Å²) in [6.07, 6.45) is 0.929. The molecule has 0 bridgehead atoms. The molecule has 2 N–H and O–H groups in total. The Labute approximate surface area is 147 Å². The van der Waals surface area contributed by atoms with Crippen molar-refractivity contribution in [1.82, 2.24) is 0 Å². The third-order valence-electron chi connectivity index (χ3n) is 3.95. The number of carboxylic acids is 1. The highest BCUT2D eigenvalue weighted by Gasteiger charge is 2.12. The van der Waals surface area contributed by atoms with E-state index in [0.29, 0.717) is 30.7 Å². The van der Waals surface area contributed by atoms with Crippen LogP contribution in [0.25, 0.3) is 0 Å². The summed E-state index contributed by atoms with van der Waals surface area (Å²) in [6.45, 7) is 6.14. The van der Waals surface area contributed by atoms with E-state index in [1.807, 2.05) is 38.1 Å². The van der Waals surface area contributed by atoms with E-state index in [-0.39, 0.29) is 11.5 Å². The molecule has 0 atom stereocenters. The second kappa shape index (κ2) is 8.33. The minimum absolute atomic E-state index is 0.142. The fourth-order valence-corrected chi connectivity index (χ4v) is 2.61. The molecule has 2 aromatic carbocycles. The van der Waals surface area contributed by atoms with Crippen LogP contribution in [0.5, 0.6) is 5.75 Å². The number of carbonyl (C=O) groups is 2. The minimum atomic E-state index is -0.998. The Kier molecular flexibility index (Phi) is 6.17. The van der Waals surface area contributed by atoms with Gasteiger partial charge in [-0.05, 0) is 62.1 Å². The normalized spacial score (nSPS) is 10.4. The standard InChI is InChI=1S/C20H23NO4/c1-4-25-16-8-5-15(6-9-16)7-10-19(22)21-18-12-17(20(23)24)13(2)11-14(18)3/h5-6,8-9,11-12H,4,7,10H2,1-3H3,(H,21,22)(H,23,24). The van der Waals surface area contributed by atoms with Gasteiger partial charge in [0.15, 0.2) is 0 Å². The number of carboxylic acid groups (broad SMARTS) is 1. The summed E-state index contributed by atoms with van der Waals surface area (Å²) < 4.78 is 5.39. The van der Waals surface area contributed by atoms with Crippen molar-refractivity contribution in [2.24, 2.45) is 0 Å². The Morgan fingerprint density at radius 3 is 2.36 bits per heavy atom. The minimum Gasteiger partial charge on any atom is -0.494 e. The summed E-state index contributed by atoms with van der Waals surface area (Å²) in [5.41, 5.74) is 3.31. The molecule has 0 aliphatic heterocycles. The summed E-state index contributed by atoms with van der Waals surface area (Å²) >= 11 is 0. The molecule has 25 heavy (non-hydrogen) atoms. The highest BCUT2D eigenvalue weighted by atomic mass is 16.5. The molecule has 132 valence electrons. The number of aromatic carboxylic acids is 1. The van der Waals surface area contributed by atoms with Gasteiger partial charge in [-0.2, -0.15) is 0 Å². The van der Waals surface area contributed by atoms with E-state index in [0.717, 1.165) is 16.9 Å². The Morgan fingerprint density at radius 2 is 1.76 bits per heavy atom. The first-order chi connectivity index (χ1) is 11.9. The maximum Gasteiger partial charge on any atom is 0.336 e. The Bertz CT molecular complexity index is 766. The smallest absolute Gasteiger partial charge is 0.336 e. The number of ether oxygens (including phenoxy) is 1. The van der Waals surface area contributed by atoms with E-state index in [2.05, 4.69) is 5.32 Å². The molecule has 0 aromatic heterocycles. The Balaban J connectivity index is 1.98. The van der Waals surface area contributed by atoms with Gasteiger partial charge in [0.05, 0.1) is 12.2 Å². The number of nitrogens with one attached hydrogen (secondary N) is 1. The summed E-state index contributed by atoms with van der Waals surface area (Å²) in [7, 11) is 0. The van der Waals surface area contributed by atoms with E-state index < -0.39 is 5.97 Å². The highest BCUT2D eigenvalue weighted by Crippen LogP contribution is 2.21. The molecule has 0 aliphatic rings. The van der Waals surface area contributed by atoms with E-state index in [1.54, 1.807) is 13.0 Å². The zero-order valence-electron chi connectivity index (χ0n) is 14.8. The molecular formula is C20H23NO4. The van der Waals surface area contributed by atoms with Gasteiger partial charge in [0, 0.05) is 12.1 Å². The van der Waals surface area contributed by atoms with Gasteiger partial charge < -0.3 is 15.2 Å². The van der Waals surface area contributed by atoms with Gasteiger partial charge >= 0.3 is 5.97 Å². The van der Waals surface area contributed by atoms with Gasteiger partial charge in [-0.25, -0.2) is 4.79 Å². The van der Waals surface area contributed by atoms with Crippen LogP contribution in [0.2, 0.25) is 0 Å². The van der Waals surface area contributed by atoms with Gasteiger partial charge in [-0.1, -0.05) is 18.2 Å². The van der Waals surface area contributed by atoms with Crippen LogP contribution in [-0.4, -0.2) is 23.6 Å². The summed E-state index contributed by atoms with van der Waals surface area (Å²) in [4.78, 5) is 23.4. The molecule has 1 amide bonds. The zero-order valence-corrected chi connectivity index (χ0v) is 14.8. The zero-order chi connectivity index (χ0) is 18.4. The number of rotatable bonds is 7. The predicted octanol–water partition coefficient (Wildman–Crippen LogP) is 3.97. The van der Waals surface area contributed by atoms with Crippen LogP contribution in [0.1, 0.15) is 40.4 Å². The lowest BCUT2D eigenvalue weighted by atomic mass is 10.0. The van der Waals surface area contributed by atoms with E-state index >= 15 is 0 Å². The number of carbonyl (C=O) groups excluding carboxylic acids is 1. The average molecular weight is 341 g/mol. The molecule has 0 aliphatic carbocycles. The molecule has 2 rings (SSSR count). The molecule has 5 nitrogen and oxygen atoms in total. The van der Waals surface area contributed by atoms with E-state index in [1.165, 1.54) is 6.07 Å². The Morgan fingerprint density at radius 1 is 1.08 bits per heavy atom. The summed E-state index contributed by atoms with van der Waals surface area (Å²) in [5.74, 6) is -0.327. The number of hydrogen-bond acceptors (Lipinski definition) is 3. The lowest BCUT2D eigenvalue weighted by molar-refractivity contribution is -0.116. The predicted molar refractivity (Wildman–Crippen MR) is 97.4 cm³/mol. The van der Waals surface area contributed by atoms with Crippen molar-refractivity contribution in [2.75, 3.05) is 11.9 Å². The average Bonchev–Trinajstić information content (AvgIpc) is 2.56. The molecule has 0 heterocycles. The van der Waals surface area contributed by atoms with Crippen molar-refractivity contribution in [1.29, 1.82) is 0 Å². The van der Waals surface area contributed by atoms with Gasteiger partial charge in [-0.15, -0.1) is 0 Å². The monoisotopic (exact) mass is 341 g/mol. The van der Waals surface area contributed by atoms with Crippen molar-refractivity contribution < 1.29 is 19.4 Å². The molecule has 0 unspecified atom stereocenters. The van der Waals surface area contributed by atoms with Crippen LogP contribution >= 0.6 is 0 Å². The summed E-state index contributed by atoms with van der Waals surface area (Å²) in [5, 5.41) is 12.0. The van der Waals surface area contributed by atoms with Crippen molar-refractivity contribution >= 4 is 17.6 Å². The van der Waals surface area contributed by atoms with Crippen molar-refractivity contribution in [3.63, 3.8) is 0 Å². The highest BCUT2D eigenvalue weighted by molar-refractivity contribution is 5.95. The third kappa shape index (κ3) is 5.08. The maximum absolute atomic E-state index is 12.2. The third-order valence-corrected chi connectivity index (χ3v) is 3.95. The second-order valence-electron chi connectivity index (χ2n) is 5.91. The number of aryl methyl sites for hydroxylation is 3. The largest absolute Gasteiger partial charge is 0.494 e. The summed E-state index contributed by atoms with van der Waals surface area (Å²) in [6, 6.07) is 10.9. The van der Waals surface area contributed by atoms with Crippen LogP contribution in [0, 0.1) is 13.8 Å². The van der Waals surface area contributed by atoms with Crippen LogP contribution in [-0.2, 0) is 11.2 Å². The molecule has 0 saturated heterocycles. The molecule has 0 spiro atoms. The molecule has 0 saturated carbocycles. The fourth-order valence-electron chi connectivity index (χ4n) is 2.61. The quantitative estimate of drug-likeness (QED) is 0.799. The topological polar surface area (TPSA) is 75.6 Å². The number of amides is 1. The number of anilines is 1. The first kappa shape index (κ1) is 18.5. The van der Waals surface area contributed by atoms with Crippen LogP contribution in [0.3, 0.4) is 0 Å². The van der Waals surface area contributed by atoms with Gasteiger partial charge in [0.25, 0.3) is 0 Å². The number of benzene rings is 2. The van der Waals surface area contributed by atoms with Crippen molar-refractivity contribution in [3.05, 3.63) is 58.7 Å². The van der Waals surface area contributed by atoms with Gasteiger partial charge in [0.2, 0.25) is 5.91 Å². The molecule has 2 aromatic rings. The number of hydrogen-bond donors (Lipinski definition) is 2. The van der Waals surface area contributed by atoms with Crippen LogP contribution < -0.4 is 10.1 Å². The first-order valence-electron chi connectivity index (χ1n) is 8.26. The SMILES string of the molecule is CCOc1ccc(CCC(=O)Nc2cc(C(=O)O)c(C)cc2C)cc1. The van der Waals surface area contributed by atoms with Crippen LogP contribution in [0.15, 0.2) is 36.4 Å². The van der Waals surface area contributed by atoms with E-state index in [9.17, 15) is 14.7 Å². The molecule has 0 fully saturated rings. The lowest BCUT2D eigenvalue weighted by Crippen LogP contribution is -2.14.